The molecule has 0 aliphatic carbocycles. The van der Waals surface area contributed by atoms with E-state index in [0.29, 0.717) is 5.39 Å². The van der Waals surface area contributed by atoms with Gasteiger partial charge < -0.3 is 20.1 Å². The number of benzene rings is 3. The summed E-state index contributed by atoms with van der Waals surface area (Å²) in [5.41, 5.74) is 1.74. The van der Waals surface area contributed by atoms with Crippen LogP contribution in [0, 0.1) is 0 Å². The van der Waals surface area contributed by atoms with Gasteiger partial charge in [0.15, 0.2) is 0 Å². The molecule has 0 unspecified atom stereocenters. The molecule has 2 saturated heterocycles. The molecular formula is C35H33N5O7. The SMILES string of the molecule is O=C(CN1C(=O)[C@@H](NC(=O)c2nccc3ccccc23)CCC(=O)N1Cc1ccccc1)N[C@@H]1CC(=O)O[C@@H]1OCc1ccccc1. The molecule has 4 amide bonds. The van der Waals surface area contributed by atoms with Crippen LogP contribution in [0.1, 0.15) is 40.9 Å². The molecule has 6 rings (SSSR count). The standard InChI is InChI=1S/C35H33N5O7/c41-29(37-28-19-31(43)47-35(28)46-22-24-11-5-2-6-12-24)21-40-34(45)27(15-16-30(42)39(40)20-23-9-3-1-4-10-23)38-33(44)32-26-14-8-7-13-25(26)17-18-36-32/h1-14,17-18,27-28,35H,15-16,19-22H2,(H,37,41)(H,38,44)/t27-,28+,35-/m0/s1. The van der Waals surface area contributed by atoms with Crippen LogP contribution in [0.2, 0.25) is 0 Å². The van der Waals surface area contributed by atoms with E-state index in [4.69, 9.17) is 9.47 Å². The van der Waals surface area contributed by atoms with Gasteiger partial charge in [-0.3, -0.25) is 29.0 Å². The lowest BCUT2D eigenvalue weighted by atomic mass is 10.1. The van der Waals surface area contributed by atoms with Crippen molar-refractivity contribution in [2.24, 2.45) is 0 Å². The molecule has 4 aromatic rings. The minimum Gasteiger partial charge on any atom is -0.433 e. The second kappa shape index (κ2) is 14.2. The molecule has 0 radical (unpaired) electrons. The van der Waals surface area contributed by atoms with Crippen molar-refractivity contribution in [1.82, 2.24) is 25.6 Å². The van der Waals surface area contributed by atoms with Gasteiger partial charge in [-0.1, -0.05) is 84.9 Å². The highest BCUT2D eigenvalue weighted by Crippen LogP contribution is 2.22. The Morgan fingerprint density at radius 2 is 1.55 bits per heavy atom. The van der Waals surface area contributed by atoms with Crippen LogP contribution in [-0.4, -0.2) is 69.5 Å². The van der Waals surface area contributed by atoms with Crippen molar-refractivity contribution >= 4 is 40.4 Å². The van der Waals surface area contributed by atoms with E-state index in [9.17, 15) is 24.0 Å². The van der Waals surface area contributed by atoms with Gasteiger partial charge in [-0.15, -0.1) is 0 Å². The van der Waals surface area contributed by atoms with Gasteiger partial charge in [-0.2, -0.15) is 0 Å². The Balaban J connectivity index is 1.20. The molecule has 47 heavy (non-hydrogen) atoms. The minimum atomic E-state index is -1.11. The number of pyridine rings is 1. The highest BCUT2D eigenvalue weighted by molar-refractivity contribution is 6.06. The highest BCUT2D eigenvalue weighted by atomic mass is 16.7. The summed E-state index contributed by atoms with van der Waals surface area (Å²) in [5.74, 6) is -2.77. The largest absolute Gasteiger partial charge is 0.433 e. The van der Waals surface area contributed by atoms with E-state index in [2.05, 4.69) is 15.6 Å². The van der Waals surface area contributed by atoms with Crippen molar-refractivity contribution in [1.29, 1.82) is 0 Å². The Morgan fingerprint density at radius 3 is 2.32 bits per heavy atom. The second-order valence-corrected chi connectivity index (χ2v) is 11.3. The summed E-state index contributed by atoms with van der Waals surface area (Å²) in [6, 6.07) is 25.5. The topological polar surface area (TPSA) is 147 Å². The number of hydrogen-bond donors (Lipinski definition) is 2. The van der Waals surface area contributed by atoms with Crippen LogP contribution < -0.4 is 10.6 Å². The van der Waals surface area contributed by atoms with Gasteiger partial charge in [-0.05, 0) is 29.0 Å². The maximum Gasteiger partial charge on any atom is 0.310 e. The van der Waals surface area contributed by atoms with E-state index in [-0.39, 0.29) is 38.1 Å². The number of rotatable bonds is 10. The number of carbonyl (C=O) groups is 5. The number of esters is 1. The first-order chi connectivity index (χ1) is 22.9. The number of aromatic nitrogens is 1. The summed E-state index contributed by atoms with van der Waals surface area (Å²) >= 11 is 0. The quantitative estimate of drug-likeness (QED) is 0.253. The van der Waals surface area contributed by atoms with Gasteiger partial charge >= 0.3 is 5.97 Å². The first-order valence-corrected chi connectivity index (χ1v) is 15.3. The van der Waals surface area contributed by atoms with Gasteiger partial charge in [0, 0.05) is 18.0 Å². The molecule has 12 heteroatoms. The smallest absolute Gasteiger partial charge is 0.310 e. The number of carbonyl (C=O) groups excluding carboxylic acids is 5. The summed E-state index contributed by atoms with van der Waals surface area (Å²) < 4.78 is 11.1. The van der Waals surface area contributed by atoms with Crippen LogP contribution in [0.25, 0.3) is 10.8 Å². The third kappa shape index (κ3) is 7.45. The molecule has 1 aromatic heterocycles. The number of fused-ring (bicyclic) bond motifs is 1. The molecule has 0 bridgehead atoms. The van der Waals surface area contributed by atoms with Crippen LogP contribution in [-0.2, 0) is 41.8 Å². The Kier molecular flexibility index (Phi) is 9.48. The number of cyclic esters (lactones) is 1. The number of nitrogens with one attached hydrogen (secondary N) is 2. The predicted molar refractivity (Wildman–Crippen MR) is 169 cm³/mol. The minimum absolute atomic E-state index is 0.0257. The van der Waals surface area contributed by atoms with Crippen molar-refractivity contribution in [2.45, 2.75) is 50.8 Å². The molecule has 240 valence electrons. The Bertz CT molecular complexity index is 1780. The van der Waals surface area contributed by atoms with Crippen molar-refractivity contribution in [2.75, 3.05) is 6.54 Å². The third-order valence-electron chi connectivity index (χ3n) is 8.01. The van der Waals surface area contributed by atoms with Gasteiger partial charge in [0.2, 0.25) is 18.1 Å². The Hall–Kier alpha value is -5.62. The van der Waals surface area contributed by atoms with Gasteiger partial charge in [0.1, 0.15) is 24.3 Å². The fourth-order valence-corrected chi connectivity index (χ4v) is 5.65. The molecule has 0 spiro atoms. The van der Waals surface area contributed by atoms with E-state index in [0.717, 1.165) is 21.5 Å². The van der Waals surface area contributed by atoms with Crippen LogP contribution in [0.5, 0.6) is 0 Å². The fraction of sp³-hybridized carbons (Fsp3) is 0.257. The number of hydrogen-bond acceptors (Lipinski definition) is 8. The summed E-state index contributed by atoms with van der Waals surface area (Å²) in [6.45, 7) is -0.369. The second-order valence-electron chi connectivity index (χ2n) is 11.3. The zero-order chi connectivity index (χ0) is 32.8. The molecule has 0 saturated carbocycles. The number of nitrogens with zero attached hydrogens (tertiary/aromatic N) is 3. The van der Waals surface area contributed by atoms with Gasteiger partial charge in [0.25, 0.3) is 11.8 Å². The van der Waals surface area contributed by atoms with Crippen molar-refractivity contribution in [3.05, 3.63) is 114 Å². The van der Waals surface area contributed by atoms with Gasteiger partial charge in [-0.25, -0.2) is 10.0 Å². The van der Waals surface area contributed by atoms with Crippen LogP contribution in [0.15, 0.2) is 97.2 Å². The normalized spacial score (nSPS) is 19.7. The first kappa shape index (κ1) is 31.4. The Morgan fingerprint density at radius 1 is 0.851 bits per heavy atom. The number of amides is 4. The van der Waals surface area contributed by atoms with E-state index in [1.54, 1.807) is 18.2 Å². The zero-order valence-corrected chi connectivity index (χ0v) is 25.4. The molecular weight excluding hydrogens is 602 g/mol. The fourth-order valence-electron chi connectivity index (χ4n) is 5.65. The highest BCUT2D eigenvalue weighted by Gasteiger charge is 2.40. The summed E-state index contributed by atoms with van der Waals surface area (Å²) in [6.07, 6.45) is 0.335. The molecule has 3 atom stereocenters. The molecule has 2 aliphatic heterocycles. The molecule has 2 N–H and O–H groups in total. The lowest BCUT2D eigenvalue weighted by molar-refractivity contribution is -0.170. The monoisotopic (exact) mass is 635 g/mol. The van der Waals surface area contributed by atoms with Gasteiger partial charge in [0.05, 0.1) is 19.6 Å². The number of ether oxygens (including phenoxy) is 2. The van der Waals surface area contributed by atoms with Crippen molar-refractivity contribution < 1.29 is 33.4 Å². The average Bonchev–Trinajstić information content (AvgIpc) is 3.40. The van der Waals surface area contributed by atoms with Crippen molar-refractivity contribution in [3.63, 3.8) is 0 Å². The molecule has 2 fully saturated rings. The first-order valence-electron chi connectivity index (χ1n) is 15.3. The van der Waals surface area contributed by atoms with Crippen LogP contribution in [0.3, 0.4) is 0 Å². The zero-order valence-electron chi connectivity index (χ0n) is 25.4. The molecule has 3 heterocycles. The average molecular weight is 636 g/mol. The summed E-state index contributed by atoms with van der Waals surface area (Å²) in [5, 5.41) is 9.23. The van der Waals surface area contributed by atoms with Crippen LogP contribution in [0.4, 0.5) is 0 Å². The summed E-state index contributed by atoms with van der Waals surface area (Å²) in [7, 11) is 0. The van der Waals surface area contributed by atoms with Crippen molar-refractivity contribution in [3.8, 4) is 0 Å². The lowest BCUT2D eigenvalue weighted by Gasteiger charge is -2.34. The predicted octanol–water partition coefficient (Wildman–Crippen LogP) is 2.87. The summed E-state index contributed by atoms with van der Waals surface area (Å²) in [4.78, 5) is 70.9. The Labute approximate surface area is 270 Å². The maximum atomic E-state index is 14.1. The molecule has 2 aliphatic rings. The van der Waals surface area contributed by atoms with E-state index < -0.39 is 54.5 Å². The molecule has 12 nitrogen and oxygen atoms in total. The van der Waals surface area contributed by atoms with E-state index >= 15 is 0 Å². The third-order valence-corrected chi connectivity index (χ3v) is 8.01. The van der Waals surface area contributed by atoms with E-state index in [1.165, 1.54) is 11.2 Å². The maximum absolute atomic E-state index is 14.1. The van der Waals surface area contributed by atoms with Crippen LogP contribution >= 0.6 is 0 Å². The number of hydrazine groups is 1. The molecule has 3 aromatic carbocycles. The van der Waals surface area contributed by atoms with E-state index in [1.807, 2.05) is 72.8 Å². The lowest BCUT2D eigenvalue weighted by Crippen LogP contribution is -2.57.